The number of nitrogens with zero attached hydrogens (tertiary/aromatic N) is 2. The van der Waals surface area contributed by atoms with Crippen LogP contribution < -0.4 is 10.5 Å². The van der Waals surface area contributed by atoms with Crippen LogP contribution in [0.4, 0.5) is 0 Å². The van der Waals surface area contributed by atoms with Crippen molar-refractivity contribution in [1.82, 2.24) is 9.97 Å². The van der Waals surface area contributed by atoms with E-state index in [1.54, 1.807) is 24.3 Å². The first kappa shape index (κ1) is 13.6. The van der Waals surface area contributed by atoms with Crippen LogP contribution >= 0.6 is 23.4 Å². The molecule has 0 spiro atoms. The molecule has 0 fully saturated rings. The summed E-state index contributed by atoms with van der Waals surface area (Å²) in [6, 6.07) is 8.12. The lowest BCUT2D eigenvalue weighted by atomic mass is 10.2. The van der Waals surface area contributed by atoms with Gasteiger partial charge in [-0.3, -0.25) is 4.79 Å². The van der Waals surface area contributed by atoms with E-state index in [2.05, 4.69) is 9.97 Å². The minimum atomic E-state index is -0.569. The summed E-state index contributed by atoms with van der Waals surface area (Å²) < 4.78 is 5.54. The minimum absolute atomic E-state index is 0.262. The highest BCUT2D eigenvalue weighted by molar-refractivity contribution is 7.98. The number of halogens is 1. The number of aromatic nitrogens is 2. The first-order valence-corrected chi connectivity index (χ1v) is 6.85. The van der Waals surface area contributed by atoms with E-state index in [-0.39, 0.29) is 16.6 Å². The molecule has 0 radical (unpaired) electrons. The second-order valence-corrected chi connectivity index (χ2v) is 4.64. The van der Waals surface area contributed by atoms with Crippen LogP contribution in [-0.2, 0) is 0 Å². The molecule has 19 heavy (non-hydrogen) atoms. The predicted molar refractivity (Wildman–Crippen MR) is 73.9 cm³/mol. The Hall–Kier alpha value is -1.79. The van der Waals surface area contributed by atoms with Crippen molar-refractivity contribution in [3.8, 4) is 11.6 Å². The molecule has 1 heterocycles. The van der Waals surface area contributed by atoms with Crippen molar-refractivity contribution in [1.29, 1.82) is 0 Å². The molecular weight excluding hydrogens is 286 g/mol. The molecule has 0 aliphatic heterocycles. The summed E-state index contributed by atoms with van der Waals surface area (Å²) >= 11 is 7.20. The molecule has 2 rings (SSSR count). The number of hydrogen-bond donors (Lipinski definition) is 1. The summed E-state index contributed by atoms with van der Waals surface area (Å²) in [6.45, 7) is 0. The van der Waals surface area contributed by atoms with Gasteiger partial charge in [0, 0.05) is 6.07 Å². The summed E-state index contributed by atoms with van der Waals surface area (Å²) in [5.41, 5.74) is 5.55. The van der Waals surface area contributed by atoms with Gasteiger partial charge in [-0.2, -0.15) is 4.98 Å². The Morgan fingerprint density at radius 2 is 2.11 bits per heavy atom. The maximum atomic E-state index is 11.3. The van der Waals surface area contributed by atoms with Gasteiger partial charge in [-0.1, -0.05) is 35.5 Å². The zero-order chi connectivity index (χ0) is 13.8. The number of benzene rings is 1. The van der Waals surface area contributed by atoms with Crippen molar-refractivity contribution >= 4 is 29.3 Å². The number of thioether (sulfide) groups is 1. The molecule has 7 heteroatoms. The number of carbonyl (C=O) groups is 1. The SMILES string of the molecule is CSc1nc(Cl)cc(Oc2ccccc2C(N)=O)n1. The molecule has 1 aromatic carbocycles. The molecule has 5 nitrogen and oxygen atoms in total. The van der Waals surface area contributed by atoms with Crippen LogP contribution in [0.3, 0.4) is 0 Å². The van der Waals surface area contributed by atoms with Crippen LogP contribution in [0.1, 0.15) is 10.4 Å². The fourth-order valence-corrected chi connectivity index (χ4v) is 1.99. The number of carbonyl (C=O) groups excluding carboxylic acids is 1. The average molecular weight is 296 g/mol. The fourth-order valence-electron chi connectivity index (χ4n) is 1.39. The second kappa shape index (κ2) is 5.90. The zero-order valence-electron chi connectivity index (χ0n) is 9.96. The molecule has 0 aliphatic carbocycles. The van der Waals surface area contributed by atoms with Crippen molar-refractivity contribution in [2.24, 2.45) is 5.73 Å². The number of rotatable bonds is 4. The van der Waals surface area contributed by atoms with E-state index in [9.17, 15) is 4.79 Å². The van der Waals surface area contributed by atoms with Crippen LogP contribution in [0, 0.1) is 0 Å². The molecule has 0 saturated carbocycles. The number of ether oxygens (including phenoxy) is 1. The molecular formula is C12H10ClN3O2S. The Bertz CT molecular complexity index is 622. The monoisotopic (exact) mass is 295 g/mol. The normalized spacial score (nSPS) is 10.2. The standard InChI is InChI=1S/C12H10ClN3O2S/c1-19-12-15-9(13)6-10(16-12)18-8-5-3-2-4-7(8)11(14)17/h2-6H,1H3,(H2,14,17). The van der Waals surface area contributed by atoms with Gasteiger partial charge >= 0.3 is 0 Å². The van der Waals surface area contributed by atoms with Crippen LogP contribution in [-0.4, -0.2) is 22.1 Å². The molecule has 0 atom stereocenters. The Morgan fingerprint density at radius 1 is 1.37 bits per heavy atom. The summed E-state index contributed by atoms with van der Waals surface area (Å²) in [6.07, 6.45) is 1.83. The molecule has 0 aliphatic rings. The number of para-hydroxylation sites is 1. The summed E-state index contributed by atoms with van der Waals surface area (Å²) in [5, 5.41) is 0.755. The van der Waals surface area contributed by atoms with E-state index in [0.717, 1.165) is 0 Å². The largest absolute Gasteiger partial charge is 0.438 e. The molecule has 98 valence electrons. The Labute approximate surface area is 119 Å². The number of hydrogen-bond acceptors (Lipinski definition) is 5. The molecule has 0 bridgehead atoms. The Balaban J connectivity index is 2.36. The van der Waals surface area contributed by atoms with Gasteiger partial charge in [-0.05, 0) is 18.4 Å². The van der Waals surface area contributed by atoms with Gasteiger partial charge in [-0.25, -0.2) is 4.98 Å². The van der Waals surface area contributed by atoms with Crippen LogP contribution in [0.5, 0.6) is 11.6 Å². The van der Waals surface area contributed by atoms with Crippen molar-refractivity contribution in [2.75, 3.05) is 6.26 Å². The number of amides is 1. The van der Waals surface area contributed by atoms with E-state index < -0.39 is 5.91 Å². The van der Waals surface area contributed by atoms with E-state index in [4.69, 9.17) is 22.1 Å². The van der Waals surface area contributed by atoms with Gasteiger partial charge in [0.2, 0.25) is 5.88 Å². The third kappa shape index (κ3) is 3.36. The van der Waals surface area contributed by atoms with E-state index in [1.165, 1.54) is 17.8 Å². The Kier molecular flexibility index (Phi) is 4.24. The van der Waals surface area contributed by atoms with E-state index >= 15 is 0 Å². The third-order valence-electron chi connectivity index (χ3n) is 2.20. The predicted octanol–water partition coefficient (Wildman–Crippen LogP) is 2.74. The summed E-state index contributed by atoms with van der Waals surface area (Å²) in [5.74, 6) is 0.0238. The fraction of sp³-hybridized carbons (Fsp3) is 0.0833. The first-order valence-electron chi connectivity index (χ1n) is 5.25. The first-order chi connectivity index (χ1) is 9.10. The lowest BCUT2D eigenvalue weighted by molar-refractivity contribution is 0.0998. The zero-order valence-corrected chi connectivity index (χ0v) is 11.5. The quantitative estimate of drug-likeness (QED) is 0.533. The van der Waals surface area contributed by atoms with Crippen molar-refractivity contribution in [3.05, 3.63) is 41.0 Å². The molecule has 0 saturated heterocycles. The van der Waals surface area contributed by atoms with Crippen molar-refractivity contribution in [2.45, 2.75) is 5.16 Å². The van der Waals surface area contributed by atoms with Gasteiger partial charge < -0.3 is 10.5 Å². The lowest BCUT2D eigenvalue weighted by Gasteiger charge is -2.08. The molecule has 1 amide bonds. The van der Waals surface area contributed by atoms with Crippen LogP contribution in [0.15, 0.2) is 35.5 Å². The van der Waals surface area contributed by atoms with Crippen LogP contribution in [0.25, 0.3) is 0 Å². The highest BCUT2D eigenvalue weighted by Gasteiger charge is 2.11. The van der Waals surface area contributed by atoms with Gasteiger partial charge in [0.05, 0.1) is 5.56 Å². The molecule has 0 unspecified atom stereocenters. The van der Waals surface area contributed by atoms with Gasteiger partial charge in [0.1, 0.15) is 10.9 Å². The maximum Gasteiger partial charge on any atom is 0.252 e. The minimum Gasteiger partial charge on any atom is -0.438 e. The van der Waals surface area contributed by atoms with E-state index in [1.807, 2.05) is 6.26 Å². The number of primary amides is 1. The highest BCUT2D eigenvalue weighted by atomic mass is 35.5. The Morgan fingerprint density at radius 3 is 2.79 bits per heavy atom. The average Bonchev–Trinajstić information content (AvgIpc) is 2.38. The molecule has 2 N–H and O–H groups in total. The summed E-state index contributed by atoms with van der Waals surface area (Å²) in [7, 11) is 0. The van der Waals surface area contributed by atoms with Gasteiger partial charge in [0.25, 0.3) is 5.91 Å². The van der Waals surface area contributed by atoms with Crippen LogP contribution in [0.2, 0.25) is 5.15 Å². The van der Waals surface area contributed by atoms with Crippen molar-refractivity contribution < 1.29 is 9.53 Å². The maximum absolute atomic E-state index is 11.3. The second-order valence-electron chi connectivity index (χ2n) is 3.48. The van der Waals surface area contributed by atoms with E-state index in [0.29, 0.717) is 10.9 Å². The third-order valence-corrected chi connectivity index (χ3v) is 2.94. The molecule has 1 aromatic heterocycles. The topological polar surface area (TPSA) is 78.1 Å². The lowest BCUT2D eigenvalue weighted by Crippen LogP contribution is -2.12. The molecule has 2 aromatic rings. The highest BCUT2D eigenvalue weighted by Crippen LogP contribution is 2.26. The van der Waals surface area contributed by atoms with Crippen molar-refractivity contribution in [3.63, 3.8) is 0 Å². The smallest absolute Gasteiger partial charge is 0.252 e. The van der Waals surface area contributed by atoms with Gasteiger partial charge in [0.15, 0.2) is 5.16 Å². The van der Waals surface area contributed by atoms with Gasteiger partial charge in [-0.15, -0.1) is 0 Å². The number of nitrogens with two attached hydrogens (primary N) is 1. The summed E-state index contributed by atoms with van der Waals surface area (Å²) in [4.78, 5) is 19.4.